The SMILES string of the molecule is CCC(C)CN.CCc1ccccc1C.Cc1ccc(C#N)c(Cl)c1. The zero-order valence-electron chi connectivity index (χ0n) is 16.1. The van der Waals surface area contributed by atoms with Crippen LogP contribution >= 0.6 is 11.6 Å². The van der Waals surface area contributed by atoms with Gasteiger partial charge in [-0.1, -0.05) is 69.1 Å². The Morgan fingerprint density at radius 3 is 2.12 bits per heavy atom. The number of hydrogen-bond acceptors (Lipinski definition) is 2. The maximum Gasteiger partial charge on any atom is 0.101 e. The summed E-state index contributed by atoms with van der Waals surface area (Å²) in [6, 6.07) is 15.8. The summed E-state index contributed by atoms with van der Waals surface area (Å²) in [4.78, 5) is 0. The van der Waals surface area contributed by atoms with E-state index in [0.29, 0.717) is 16.5 Å². The third kappa shape index (κ3) is 9.92. The van der Waals surface area contributed by atoms with Crippen LogP contribution in [-0.2, 0) is 6.42 Å². The molecule has 2 aromatic rings. The van der Waals surface area contributed by atoms with E-state index in [1.165, 1.54) is 17.5 Å². The predicted octanol–water partition coefficient (Wildman–Crippen LogP) is 6.07. The minimum absolute atomic E-state index is 0.530. The minimum atomic E-state index is 0.530. The maximum absolute atomic E-state index is 8.47. The molecule has 1 atom stereocenters. The number of halogens is 1. The molecule has 0 bridgehead atoms. The van der Waals surface area contributed by atoms with Gasteiger partial charge in [0, 0.05) is 0 Å². The van der Waals surface area contributed by atoms with Gasteiger partial charge in [-0.15, -0.1) is 0 Å². The normalized spacial score (nSPS) is 10.5. The first-order valence-corrected chi connectivity index (χ1v) is 9.18. The molecule has 0 heterocycles. The van der Waals surface area contributed by atoms with Gasteiger partial charge in [0.2, 0.25) is 0 Å². The Morgan fingerprint density at radius 1 is 1.12 bits per heavy atom. The highest BCUT2D eigenvalue weighted by Crippen LogP contribution is 2.15. The van der Waals surface area contributed by atoms with Crippen molar-refractivity contribution in [3.05, 3.63) is 69.7 Å². The van der Waals surface area contributed by atoms with Crippen molar-refractivity contribution in [1.82, 2.24) is 0 Å². The van der Waals surface area contributed by atoms with Crippen molar-refractivity contribution >= 4 is 11.6 Å². The smallest absolute Gasteiger partial charge is 0.101 e. The monoisotopic (exact) mass is 358 g/mol. The molecule has 1 unspecified atom stereocenters. The molecule has 0 saturated heterocycles. The van der Waals surface area contributed by atoms with E-state index in [1.54, 1.807) is 12.1 Å². The summed E-state index contributed by atoms with van der Waals surface area (Å²) in [5.41, 5.74) is 9.75. The van der Waals surface area contributed by atoms with Crippen molar-refractivity contribution in [2.24, 2.45) is 11.7 Å². The lowest BCUT2D eigenvalue weighted by molar-refractivity contribution is 0.576. The fourth-order valence-corrected chi connectivity index (χ4v) is 2.16. The van der Waals surface area contributed by atoms with Crippen LogP contribution in [0, 0.1) is 31.1 Å². The summed E-state index contributed by atoms with van der Waals surface area (Å²) < 4.78 is 0. The molecule has 3 heteroatoms. The van der Waals surface area contributed by atoms with Crippen LogP contribution in [0.1, 0.15) is 49.4 Å². The summed E-state index contributed by atoms with van der Waals surface area (Å²) >= 11 is 5.71. The largest absolute Gasteiger partial charge is 0.330 e. The molecule has 0 aromatic heterocycles. The van der Waals surface area contributed by atoms with Gasteiger partial charge in [-0.05, 0) is 61.6 Å². The average molecular weight is 359 g/mol. The first kappa shape index (κ1) is 23.2. The average Bonchev–Trinajstić information content (AvgIpc) is 2.62. The highest BCUT2D eigenvalue weighted by atomic mass is 35.5. The quantitative estimate of drug-likeness (QED) is 0.723. The van der Waals surface area contributed by atoms with Crippen molar-refractivity contribution in [1.29, 1.82) is 5.26 Å². The summed E-state index contributed by atoms with van der Waals surface area (Å²) in [6.45, 7) is 11.4. The van der Waals surface area contributed by atoms with Gasteiger partial charge in [0.25, 0.3) is 0 Å². The third-order valence-electron chi connectivity index (χ3n) is 3.99. The molecule has 0 saturated carbocycles. The molecule has 0 aliphatic rings. The maximum atomic E-state index is 8.47. The molecular weight excluding hydrogens is 328 g/mol. The Hall–Kier alpha value is -1.82. The van der Waals surface area contributed by atoms with Gasteiger partial charge >= 0.3 is 0 Å². The molecule has 0 aliphatic carbocycles. The van der Waals surface area contributed by atoms with E-state index in [0.717, 1.165) is 18.5 Å². The van der Waals surface area contributed by atoms with E-state index in [4.69, 9.17) is 22.6 Å². The van der Waals surface area contributed by atoms with Crippen LogP contribution in [0.15, 0.2) is 42.5 Å². The standard InChI is InChI=1S/C9H12.C8H6ClN.C5H13N/c1-3-9-7-5-4-6-8(9)2;1-6-2-3-7(5-10)8(9)4-6;1-3-5(2)4-6/h4-7H,3H2,1-2H3;2-4H,1H3;5H,3-4,6H2,1-2H3. The van der Waals surface area contributed by atoms with Gasteiger partial charge < -0.3 is 5.73 Å². The Kier molecular flexibility index (Phi) is 12.5. The van der Waals surface area contributed by atoms with Crippen molar-refractivity contribution in [2.75, 3.05) is 6.54 Å². The molecule has 25 heavy (non-hydrogen) atoms. The molecule has 2 rings (SSSR count). The topological polar surface area (TPSA) is 49.8 Å². The van der Waals surface area contributed by atoms with Gasteiger partial charge in [-0.2, -0.15) is 5.26 Å². The Bertz CT molecular complexity index is 655. The second-order valence-corrected chi connectivity index (χ2v) is 6.53. The number of aryl methyl sites for hydroxylation is 3. The van der Waals surface area contributed by atoms with Gasteiger partial charge in [-0.25, -0.2) is 0 Å². The van der Waals surface area contributed by atoms with E-state index >= 15 is 0 Å². The molecular formula is C22H31ClN2. The highest BCUT2D eigenvalue weighted by Gasteiger charge is 1.96. The van der Waals surface area contributed by atoms with Crippen LogP contribution in [0.2, 0.25) is 5.02 Å². The molecule has 2 N–H and O–H groups in total. The van der Waals surface area contributed by atoms with E-state index < -0.39 is 0 Å². The van der Waals surface area contributed by atoms with E-state index in [9.17, 15) is 0 Å². The van der Waals surface area contributed by atoms with Crippen LogP contribution in [-0.4, -0.2) is 6.54 Å². The minimum Gasteiger partial charge on any atom is -0.330 e. The summed E-state index contributed by atoms with van der Waals surface area (Å²) in [6.07, 6.45) is 2.35. The van der Waals surface area contributed by atoms with Gasteiger partial charge in [0.15, 0.2) is 0 Å². The lowest BCUT2D eigenvalue weighted by Gasteiger charge is -1.98. The molecule has 0 radical (unpaired) electrons. The number of hydrogen-bond donors (Lipinski definition) is 1. The van der Waals surface area contributed by atoms with Crippen LogP contribution in [0.4, 0.5) is 0 Å². The van der Waals surface area contributed by atoms with Gasteiger partial charge in [0.05, 0.1) is 10.6 Å². The molecule has 0 aliphatic heterocycles. The highest BCUT2D eigenvalue weighted by molar-refractivity contribution is 6.31. The zero-order chi connectivity index (χ0) is 19.2. The molecule has 0 amide bonds. The second-order valence-electron chi connectivity index (χ2n) is 6.12. The van der Waals surface area contributed by atoms with Crippen molar-refractivity contribution in [3.8, 4) is 6.07 Å². The number of nitrogens with zero attached hydrogens (tertiary/aromatic N) is 1. The van der Waals surface area contributed by atoms with Crippen LogP contribution in [0.5, 0.6) is 0 Å². The summed E-state index contributed by atoms with van der Waals surface area (Å²) in [7, 11) is 0. The molecule has 136 valence electrons. The van der Waals surface area contributed by atoms with Gasteiger partial charge in [0.1, 0.15) is 6.07 Å². The van der Waals surface area contributed by atoms with Crippen LogP contribution in [0.3, 0.4) is 0 Å². The molecule has 0 fully saturated rings. The molecule has 2 nitrogen and oxygen atoms in total. The fourth-order valence-electron chi connectivity index (χ4n) is 1.88. The molecule has 0 spiro atoms. The Balaban J connectivity index is 0.000000358. The Labute approximate surface area is 158 Å². The first-order chi connectivity index (χ1) is 11.9. The van der Waals surface area contributed by atoms with E-state index in [-0.39, 0.29) is 0 Å². The number of benzene rings is 2. The fraction of sp³-hybridized carbons (Fsp3) is 0.409. The molecule has 2 aromatic carbocycles. The summed E-state index contributed by atoms with van der Waals surface area (Å²) in [5.74, 6) is 0.713. The van der Waals surface area contributed by atoms with Crippen molar-refractivity contribution in [2.45, 2.75) is 47.5 Å². The lowest BCUT2D eigenvalue weighted by atomic mass is 10.1. The van der Waals surface area contributed by atoms with Crippen LogP contribution in [0.25, 0.3) is 0 Å². The predicted molar refractivity (Wildman–Crippen MR) is 110 cm³/mol. The van der Waals surface area contributed by atoms with E-state index in [1.807, 2.05) is 19.1 Å². The zero-order valence-corrected chi connectivity index (χ0v) is 16.9. The second kappa shape index (κ2) is 13.5. The first-order valence-electron chi connectivity index (χ1n) is 8.80. The number of nitriles is 1. The van der Waals surface area contributed by atoms with E-state index in [2.05, 4.69) is 52.0 Å². The number of nitrogens with two attached hydrogens (primary N) is 1. The number of rotatable bonds is 3. The Morgan fingerprint density at radius 2 is 1.76 bits per heavy atom. The third-order valence-corrected chi connectivity index (χ3v) is 4.30. The van der Waals surface area contributed by atoms with Crippen LogP contribution < -0.4 is 5.73 Å². The summed E-state index contributed by atoms with van der Waals surface area (Å²) in [5, 5.41) is 9.00. The van der Waals surface area contributed by atoms with Crippen molar-refractivity contribution < 1.29 is 0 Å². The van der Waals surface area contributed by atoms with Gasteiger partial charge in [-0.3, -0.25) is 0 Å². The lowest BCUT2D eigenvalue weighted by Crippen LogP contribution is -2.08. The van der Waals surface area contributed by atoms with Crippen molar-refractivity contribution in [3.63, 3.8) is 0 Å².